The van der Waals surface area contributed by atoms with E-state index in [9.17, 15) is 0 Å². The van der Waals surface area contributed by atoms with Gasteiger partial charge < -0.3 is 4.76 Å². The van der Waals surface area contributed by atoms with E-state index in [2.05, 4.69) is 19.0 Å². The highest BCUT2D eigenvalue weighted by Crippen LogP contribution is 2.23. The van der Waals surface area contributed by atoms with E-state index >= 15 is 0 Å². The minimum Gasteiger partial charge on any atom is -0.475 e. The quantitative estimate of drug-likeness (QED) is 0.299. The van der Waals surface area contributed by atoms with Crippen LogP contribution in [0.2, 0.25) is 6.32 Å². The Morgan fingerprint density at radius 1 is 1.19 bits per heavy atom. The molecule has 0 amide bonds. The molecule has 0 spiro atoms. The average Bonchev–Trinajstić information content (AvgIpc) is 2.23. The molecule has 1 fully saturated rings. The molecule has 0 bridgehead atoms. The summed E-state index contributed by atoms with van der Waals surface area (Å²) in [6, 6.07) is 0. The summed E-state index contributed by atoms with van der Waals surface area (Å²) in [5, 5.41) is 4.27. The topological polar surface area (TPSA) is 21.6 Å². The van der Waals surface area contributed by atoms with E-state index in [4.69, 9.17) is 4.76 Å². The highest BCUT2D eigenvalue weighted by atomic mass is 16.6. The van der Waals surface area contributed by atoms with Gasteiger partial charge in [0.1, 0.15) is 0 Å². The molecule has 1 aliphatic carbocycles. The third-order valence-electron chi connectivity index (χ3n) is 3.49. The summed E-state index contributed by atoms with van der Waals surface area (Å²) in [5.41, 5.74) is 1.22. The van der Waals surface area contributed by atoms with Gasteiger partial charge in [0.05, 0.1) is 5.71 Å². The smallest absolute Gasteiger partial charge is 0.377 e. The molecule has 0 atom stereocenters. The summed E-state index contributed by atoms with van der Waals surface area (Å²) >= 11 is 0. The third kappa shape index (κ3) is 5.57. The predicted octanol–water partition coefficient (Wildman–Crippen LogP) is 3.92. The van der Waals surface area contributed by atoms with Gasteiger partial charge in [-0.25, -0.2) is 0 Å². The average molecular weight is 223 g/mol. The van der Waals surface area contributed by atoms with Crippen molar-refractivity contribution in [1.82, 2.24) is 0 Å². The Bertz CT molecular complexity index is 198. The molecular weight excluding hydrogens is 197 g/mol. The molecule has 0 aromatic carbocycles. The first kappa shape index (κ1) is 13.6. The van der Waals surface area contributed by atoms with Crippen LogP contribution in [0.25, 0.3) is 0 Å². The Morgan fingerprint density at radius 3 is 2.44 bits per heavy atom. The van der Waals surface area contributed by atoms with Gasteiger partial charge in [-0.3, -0.25) is 0 Å². The van der Waals surface area contributed by atoms with E-state index in [0.717, 1.165) is 13.8 Å². The molecule has 1 aliphatic rings. The molecule has 1 saturated carbocycles. The fourth-order valence-electron chi connectivity index (χ4n) is 2.30. The number of hydrogen-bond donors (Lipinski definition) is 0. The largest absolute Gasteiger partial charge is 0.475 e. The lowest BCUT2D eigenvalue weighted by Crippen LogP contribution is -2.14. The molecule has 0 radical (unpaired) electrons. The summed E-state index contributed by atoms with van der Waals surface area (Å²) in [4.78, 5) is 0. The molecule has 0 N–H and O–H groups in total. The molecule has 1 rings (SSSR count). The summed E-state index contributed by atoms with van der Waals surface area (Å²) in [7, 11) is 0.778. The molecular formula is C13H26BNO. The van der Waals surface area contributed by atoms with Crippen molar-refractivity contribution in [2.75, 3.05) is 0 Å². The maximum absolute atomic E-state index is 5.35. The third-order valence-corrected chi connectivity index (χ3v) is 3.49. The van der Waals surface area contributed by atoms with Crippen LogP contribution in [0.4, 0.5) is 0 Å². The van der Waals surface area contributed by atoms with Gasteiger partial charge in [0.25, 0.3) is 0 Å². The van der Waals surface area contributed by atoms with Crippen molar-refractivity contribution in [2.24, 2.45) is 11.1 Å². The molecule has 0 saturated heterocycles. The Labute approximate surface area is 101 Å². The van der Waals surface area contributed by atoms with Crippen LogP contribution in [0, 0.1) is 5.92 Å². The second-order valence-electron chi connectivity index (χ2n) is 4.96. The van der Waals surface area contributed by atoms with Crippen molar-refractivity contribution in [3.05, 3.63) is 0 Å². The van der Waals surface area contributed by atoms with Gasteiger partial charge in [0.15, 0.2) is 0 Å². The molecule has 3 heteroatoms. The molecule has 0 heterocycles. The zero-order valence-corrected chi connectivity index (χ0v) is 11.0. The first-order valence-electron chi connectivity index (χ1n) is 7.01. The number of oxime groups is 1. The van der Waals surface area contributed by atoms with Crippen LogP contribution >= 0.6 is 0 Å². The van der Waals surface area contributed by atoms with Gasteiger partial charge in [0, 0.05) is 5.92 Å². The number of hydrogen-bond acceptors (Lipinski definition) is 2. The first-order chi connectivity index (χ1) is 7.84. The van der Waals surface area contributed by atoms with Crippen LogP contribution < -0.4 is 0 Å². The Kier molecular flexibility index (Phi) is 7.36. The van der Waals surface area contributed by atoms with E-state index in [-0.39, 0.29) is 0 Å². The second-order valence-corrected chi connectivity index (χ2v) is 4.96. The van der Waals surface area contributed by atoms with Crippen LogP contribution in [0.15, 0.2) is 5.16 Å². The minimum atomic E-state index is 0.682. The zero-order valence-electron chi connectivity index (χ0n) is 11.0. The number of nitrogens with zero attached hydrogens (tertiary/aromatic N) is 1. The molecule has 0 unspecified atom stereocenters. The predicted molar refractivity (Wildman–Crippen MR) is 72.3 cm³/mol. The van der Waals surface area contributed by atoms with Crippen molar-refractivity contribution in [3.63, 3.8) is 0 Å². The summed E-state index contributed by atoms with van der Waals surface area (Å²) in [5.74, 6) is 0.682. The fourth-order valence-corrected chi connectivity index (χ4v) is 2.30. The lowest BCUT2D eigenvalue weighted by molar-refractivity contribution is 0.350. The molecule has 0 aromatic rings. The highest BCUT2D eigenvalue weighted by Gasteiger charge is 2.14. The van der Waals surface area contributed by atoms with E-state index in [1.807, 2.05) is 0 Å². The fraction of sp³-hybridized carbons (Fsp3) is 0.923. The van der Waals surface area contributed by atoms with Crippen molar-refractivity contribution in [2.45, 2.75) is 71.5 Å². The normalized spacial score (nSPS) is 20.0. The number of rotatable bonds is 5. The van der Waals surface area contributed by atoms with Crippen LogP contribution in [0.1, 0.15) is 65.2 Å². The van der Waals surface area contributed by atoms with Gasteiger partial charge in [-0.1, -0.05) is 45.4 Å². The van der Waals surface area contributed by atoms with E-state index in [1.165, 1.54) is 57.1 Å². The summed E-state index contributed by atoms with van der Waals surface area (Å²) in [6.07, 6.45) is 11.9. The van der Waals surface area contributed by atoms with Crippen LogP contribution in [-0.2, 0) is 4.76 Å². The van der Waals surface area contributed by atoms with Crippen molar-refractivity contribution in [3.8, 4) is 0 Å². The minimum absolute atomic E-state index is 0.682. The highest BCUT2D eigenvalue weighted by molar-refractivity contribution is 6.27. The maximum Gasteiger partial charge on any atom is 0.377 e. The first-order valence-corrected chi connectivity index (χ1v) is 7.01. The molecule has 0 aromatic heterocycles. The van der Waals surface area contributed by atoms with E-state index < -0.39 is 0 Å². The van der Waals surface area contributed by atoms with Gasteiger partial charge >= 0.3 is 7.48 Å². The Hall–Kier alpha value is -0.465. The van der Waals surface area contributed by atoms with Gasteiger partial charge in [-0.15, -0.1) is 5.16 Å². The summed E-state index contributed by atoms with van der Waals surface area (Å²) < 4.78 is 5.35. The Morgan fingerprint density at radius 2 is 1.81 bits per heavy atom. The standard InChI is InChI=1S/C13H26BNO/c1-3-11-14-16-15-12(2)13-9-7-5-4-6-8-10-13/h13-14H,3-11H2,1-2H3/b15-12+. The van der Waals surface area contributed by atoms with Crippen molar-refractivity contribution in [1.29, 1.82) is 0 Å². The molecule has 0 aliphatic heterocycles. The molecule has 16 heavy (non-hydrogen) atoms. The summed E-state index contributed by atoms with van der Waals surface area (Å²) in [6.45, 7) is 4.31. The van der Waals surface area contributed by atoms with E-state index in [1.54, 1.807) is 0 Å². The van der Waals surface area contributed by atoms with Crippen LogP contribution in [0.3, 0.4) is 0 Å². The van der Waals surface area contributed by atoms with Gasteiger partial charge in [-0.2, -0.15) is 0 Å². The molecule has 2 nitrogen and oxygen atoms in total. The van der Waals surface area contributed by atoms with Crippen LogP contribution in [-0.4, -0.2) is 13.2 Å². The lowest BCUT2D eigenvalue weighted by atomic mass is 9.88. The Balaban J connectivity index is 2.28. The second kappa shape index (κ2) is 8.66. The van der Waals surface area contributed by atoms with Crippen molar-refractivity contribution >= 4 is 13.2 Å². The molecule has 92 valence electrons. The van der Waals surface area contributed by atoms with Gasteiger partial charge in [-0.05, 0) is 26.1 Å². The monoisotopic (exact) mass is 223 g/mol. The van der Waals surface area contributed by atoms with E-state index in [0.29, 0.717) is 5.92 Å². The van der Waals surface area contributed by atoms with Crippen LogP contribution in [0.5, 0.6) is 0 Å². The van der Waals surface area contributed by atoms with Gasteiger partial charge in [0.2, 0.25) is 0 Å². The SMILES string of the molecule is CCCBO/N=C(\C)C1CCCCCCC1. The maximum atomic E-state index is 5.35. The lowest BCUT2D eigenvalue weighted by Gasteiger charge is -2.19. The van der Waals surface area contributed by atoms with Crippen molar-refractivity contribution < 1.29 is 4.76 Å². The zero-order chi connectivity index (χ0) is 11.6.